The largest absolute Gasteiger partial charge is 0.435 e. The van der Waals surface area contributed by atoms with Crippen molar-refractivity contribution >= 4 is 18.1 Å². The zero-order valence-electron chi connectivity index (χ0n) is 9.68. The van der Waals surface area contributed by atoms with Gasteiger partial charge in [0.1, 0.15) is 0 Å². The molecule has 0 aliphatic carbocycles. The number of benzene rings is 1. The van der Waals surface area contributed by atoms with E-state index in [0.717, 1.165) is 5.56 Å². The number of hydrogen-bond acceptors (Lipinski definition) is 4. The summed E-state index contributed by atoms with van der Waals surface area (Å²) in [5.74, 6) is 0.412. The molecule has 1 N–H and O–H groups in total. The van der Waals surface area contributed by atoms with Gasteiger partial charge in [-0.3, -0.25) is 5.32 Å². The van der Waals surface area contributed by atoms with Gasteiger partial charge < -0.3 is 4.74 Å². The van der Waals surface area contributed by atoms with Crippen LogP contribution in [0.1, 0.15) is 19.4 Å². The zero-order valence-corrected chi connectivity index (χ0v) is 9.68. The highest BCUT2D eigenvalue weighted by atomic mass is 16.6. The number of carbonyl (C=O) groups is 1. The first-order valence-corrected chi connectivity index (χ1v) is 5.24. The van der Waals surface area contributed by atoms with Gasteiger partial charge in [-0.2, -0.15) is 5.10 Å². The molecule has 88 valence electrons. The van der Waals surface area contributed by atoms with Gasteiger partial charge in [-0.1, -0.05) is 30.3 Å². The fourth-order valence-corrected chi connectivity index (χ4v) is 1.39. The zero-order chi connectivity index (χ0) is 12.3. The summed E-state index contributed by atoms with van der Waals surface area (Å²) in [5.41, 5.74) is 0.199. The molecule has 1 amide bonds. The van der Waals surface area contributed by atoms with Gasteiger partial charge in [0, 0.05) is 0 Å². The molecule has 0 aromatic heterocycles. The van der Waals surface area contributed by atoms with Gasteiger partial charge in [-0.05, 0) is 19.4 Å². The van der Waals surface area contributed by atoms with E-state index in [2.05, 4.69) is 15.5 Å². The van der Waals surface area contributed by atoms with Gasteiger partial charge in [0.2, 0.25) is 0 Å². The van der Waals surface area contributed by atoms with Crippen LogP contribution in [0.2, 0.25) is 0 Å². The van der Waals surface area contributed by atoms with Crippen LogP contribution in [0.3, 0.4) is 0 Å². The maximum absolute atomic E-state index is 11.0. The predicted molar refractivity (Wildman–Crippen MR) is 65.2 cm³/mol. The summed E-state index contributed by atoms with van der Waals surface area (Å²) in [6, 6.07) is 9.59. The number of carbonyl (C=O) groups excluding carboxylic acids is 1. The molecule has 2 rings (SSSR count). The minimum atomic E-state index is -0.745. The third-order valence-electron chi connectivity index (χ3n) is 2.30. The van der Waals surface area contributed by atoms with E-state index in [4.69, 9.17) is 4.74 Å². The number of rotatable bonds is 2. The van der Waals surface area contributed by atoms with Crippen LogP contribution in [0, 0.1) is 0 Å². The number of cyclic esters (lactones) is 1. The molecule has 0 bridgehead atoms. The third kappa shape index (κ3) is 2.69. The summed E-state index contributed by atoms with van der Waals surface area (Å²) in [6.45, 7) is 3.50. The minimum absolute atomic E-state index is 0.412. The highest BCUT2D eigenvalue weighted by Crippen LogP contribution is 2.16. The quantitative estimate of drug-likeness (QED) is 0.624. The number of ether oxygens (including phenoxy) is 1. The molecular formula is C12H13N3O2. The van der Waals surface area contributed by atoms with Crippen molar-refractivity contribution in [3.05, 3.63) is 35.9 Å². The lowest BCUT2D eigenvalue weighted by Crippen LogP contribution is -2.32. The molecule has 17 heavy (non-hydrogen) atoms. The predicted octanol–water partition coefficient (Wildman–Crippen LogP) is 1.94. The molecular weight excluding hydrogens is 218 g/mol. The second-order valence-corrected chi connectivity index (χ2v) is 4.13. The molecule has 0 unspecified atom stereocenters. The maximum Gasteiger partial charge on any atom is 0.413 e. The lowest BCUT2D eigenvalue weighted by atomic mass is 10.1. The summed E-state index contributed by atoms with van der Waals surface area (Å²) >= 11 is 0. The van der Waals surface area contributed by atoms with Gasteiger partial charge >= 0.3 is 6.09 Å². The normalized spacial score (nSPS) is 20.6. The first-order valence-electron chi connectivity index (χ1n) is 5.24. The molecule has 1 aromatic carbocycles. The van der Waals surface area contributed by atoms with Crippen LogP contribution in [-0.2, 0) is 4.74 Å². The second kappa shape index (κ2) is 4.37. The fourth-order valence-electron chi connectivity index (χ4n) is 1.39. The Morgan fingerprint density at radius 1 is 1.29 bits per heavy atom. The standard InChI is InChI=1S/C12H13N3O2/c1-12(2)10(14-11(16)17-12)15-13-8-9-6-4-3-5-7-9/h3-8H,1-2H3,(H,14,15,16)/b13-8-. The second-order valence-electron chi connectivity index (χ2n) is 4.13. The Morgan fingerprint density at radius 3 is 2.59 bits per heavy atom. The van der Waals surface area contributed by atoms with E-state index in [1.165, 1.54) is 0 Å². The Balaban J connectivity index is 2.11. The van der Waals surface area contributed by atoms with E-state index in [1.807, 2.05) is 30.3 Å². The monoisotopic (exact) mass is 231 g/mol. The molecule has 0 spiro atoms. The average Bonchev–Trinajstić information content (AvgIpc) is 2.53. The SMILES string of the molecule is CC1(C)OC(=O)N/C1=N\N=C/c1ccccc1. The summed E-state index contributed by atoms with van der Waals surface area (Å²) in [5, 5.41) is 10.4. The van der Waals surface area contributed by atoms with Crippen molar-refractivity contribution in [1.82, 2.24) is 5.32 Å². The Hall–Kier alpha value is -2.17. The topological polar surface area (TPSA) is 63.0 Å². The minimum Gasteiger partial charge on any atom is -0.435 e. The van der Waals surface area contributed by atoms with Crippen LogP contribution in [-0.4, -0.2) is 23.7 Å². The number of amides is 1. The molecule has 5 nitrogen and oxygen atoms in total. The van der Waals surface area contributed by atoms with E-state index < -0.39 is 11.7 Å². The van der Waals surface area contributed by atoms with Crippen LogP contribution in [0.25, 0.3) is 0 Å². The molecule has 0 atom stereocenters. The van der Waals surface area contributed by atoms with Crippen molar-refractivity contribution in [3.8, 4) is 0 Å². The number of nitrogens with zero attached hydrogens (tertiary/aromatic N) is 2. The first kappa shape index (κ1) is 11.3. The van der Waals surface area contributed by atoms with Crippen LogP contribution < -0.4 is 5.32 Å². The van der Waals surface area contributed by atoms with Crippen molar-refractivity contribution in [2.75, 3.05) is 0 Å². The lowest BCUT2D eigenvalue weighted by molar-refractivity contribution is 0.109. The molecule has 1 aromatic rings. The van der Waals surface area contributed by atoms with Gasteiger partial charge in [0.25, 0.3) is 0 Å². The van der Waals surface area contributed by atoms with Crippen molar-refractivity contribution in [1.29, 1.82) is 0 Å². The summed E-state index contributed by atoms with van der Waals surface area (Å²) in [4.78, 5) is 11.0. The Bertz CT molecular complexity index is 478. The van der Waals surface area contributed by atoms with E-state index in [0.29, 0.717) is 5.84 Å². The number of amidine groups is 1. The van der Waals surface area contributed by atoms with Gasteiger partial charge in [0.05, 0.1) is 6.21 Å². The third-order valence-corrected chi connectivity index (χ3v) is 2.30. The Morgan fingerprint density at radius 2 is 2.00 bits per heavy atom. The van der Waals surface area contributed by atoms with Gasteiger partial charge in [-0.15, -0.1) is 5.10 Å². The summed E-state index contributed by atoms with van der Waals surface area (Å²) in [7, 11) is 0. The molecule has 0 saturated carbocycles. The molecule has 1 aliphatic rings. The Kier molecular flexibility index (Phi) is 2.91. The maximum atomic E-state index is 11.0. The average molecular weight is 231 g/mol. The van der Waals surface area contributed by atoms with Crippen LogP contribution in [0.4, 0.5) is 4.79 Å². The molecule has 1 saturated heterocycles. The summed E-state index contributed by atoms with van der Waals surface area (Å²) in [6.07, 6.45) is 1.12. The van der Waals surface area contributed by atoms with E-state index in [-0.39, 0.29) is 0 Å². The number of nitrogens with one attached hydrogen (secondary N) is 1. The van der Waals surface area contributed by atoms with Gasteiger partial charge in [0.15, 0.2) is 11.4 Å². The highest BCUT2D eigenvalue weighted by molar-refractivity contribution is 6.05. The van der Waals surface area contributed by atoms with Gasteiger partial charge in [-0.25, -0.2) is 4.79 Å². The van der Waals surface area contributed by atoms with Crippen molar-refractivity contribution in [2.45, 2.75) is 19.4 Å². The summed E-state index contributed by atoms with van der Waals surface area (Å²) < 4.78 is 5.01. The number of hydrogen-bond donors (Lipinski definition) is 1. The highest BCUT2D eigenvalue weighted by Gasteiger charge is 2.38. The fraction of sp³-hybridized carbons (Fsp3) is 0.250. The van der Waals surface area contributed by atoms with Crippen molar-refractivity contribution < 1.29 is 9.53 Å². The smallest absolute Gasteiger partial charge is 0.413 e. The van der Waals surface area contributed by atoms with E-state index in [1.54, 1.807) is 20.1 Å². The number of alkyl carbamates (subject to hydrolysis) is 1. The van der Waals surface area contributed by atoms with E-state index in [9.17, 15) is 4.79 Å². The molecule has 1 heterocycles. The van der Waals surface area contributed by atoms with Crippen LogP contribution in [0.5, 0.6) is 0 Å². The molecule has 5 heteroatoms. The molecule has 1 fully saturated rings. The first-order chi connectivity index (χ1) is 8.08. The van der Waals surface area contributed by atoms with Crippen LogP contribution in [0.15, 0.2) is 40.5 Å². The van der Waals surface area contributed by atoms with Crippen LogP contribution >= 0.6 is 0 Å². The van der Waals surface area contributed by atoms with Crippen molar-refractivity contribution in [2.24, 2.45) is 10.2 Å². The lowest BCUT2D eigenvalue weighted by Gasteiger charge is -2.13. The van der Waals surface area contributed by atoms with E-state index >= 15 is 0 Å². The van der Waals surface area contributed by atoms with Crippen molar-refractivity contribution in [3.63, 3.8) is 0 Å². The molecule has 0 radical (unpaired) electrons. The Labute approximate surface area is 99.2 Å². The molecule has 1 aliphatic heterocycles.